The van der Waals surface area contributed by atoms with E-state index in [9.17, 15) is 25.0 Å². The summed E-state index contributed by atoms with van der Waals surface area (Å²) in [7, 11) is 1.41. The number of nitrogens with one attached hydrogen (secondary N) is 1. The Labute approximate surface area is 151 Å². The second-order valence-corrected chi connectivity index (χ2v) is 6.37. The van der Waals surface area contributed by atoms with Gasteiger partial charge in [-0.2, -0.15) is 5.10 Å². The minimum absolute atomic E-state index is 0.106. The summed E-state index contributed by atoms with van der Waals surface area (Å²) in [4.78, 5) is 33.1. The second-order valence-electron chi connectivity index (χ2n) is 4.66. The van der Waals surface area contributed by atoms with E-state index in [-0.39, 0.29) is 31.7 Å². The molecule has 0 saturated heterocycles. The van der Waals surface area contributed by atoms with Crippen LogP contribution in [-0.2, 0) is 7.05 Å². The molecule has 2 rings (SSSR count). The minimum Gasteiger partial charge on any atom is -0.318 e. The van der Waals surface area contributed by atoms with Gasteiger partial charge in [-0.1, -0.05) is 0 Å². The van der Waals surface area contributed by atoms with Gasteiger partial charge >= 0.3 is 5.69 Å². The fourth-order valence-corrected chi connectivity index (χ4v) is 3.44. The highest BCUT2D eigenvalue weighted by Gasteiger charge is 2.30. The lowest BCUT2D eigenvalue weighted by Gasteiger charge is -2.09. The van der Waals surface area contributed by atoms with Gasteiger partial charge in [-0.3, -0.25) is 29.7 Å². The van der Waals surface area contributed by atoms with Crippen molar-refractivity contribution in [1.82, 2.24) is 9.78 Å². The van der Waals surface area contributed by atoms with Crippen molar-refractivity contribution in [2.45, 2.75) is 6.92 Å². The van der Waals surface area contributed by atoms with Crippen LogP contribution >= 0.6 is 31.9 Å². The first-order valence-corrected chi connectivity index (χ1v) is 7.84. The fraction of sp³-hybridized carbons (Fsp3) is 0.167. The molecular weight excluding hydrogens is 454 g/mol. The maximum absolute atomic E-state index is 12.4. The number of rotatable bonds is 4. The van der Waals surface area contributed by atoms with Gasteiger partial charge in [-0.15, -0.1) is 0 Å². The highest BCUT2D eigenvalue weighted by molar-refractivity contribution is 9.11. The third-order valence-corrected chi connectivity index (χ3v) is 4.32. The molecular formula is C12H9Br2N5O5. The van der Waals surface area contributed by atoms with Crippen LogP contribution in [0.2, 0.25) is 0 Å². The monoisotopic (exact) mass is 461 g/mol. The van der Waals surface area contributed by atoms with Gasteiger partial charge in [0, 0.05) is 28.1 Å². The van der Waals surface area contributed by atoms with Crippen LogP contribution in [0.1, 0.15) is 16.2 Å². The van der Waals surface area contributed by atoms with E-state index in [1.807, 2.05) is 0 Å². The lowest BCUT2D eigenvalue weighted by atomic mass is 10.2. The van der Waals surface area contributed by atoms with E-state index in [0.717, 1.165) is 4.68 Å². The summed E-state index contributed by atoms with van der Waals surface area (Å²) in [5, 5.41) is 28.3. The molecule has 0 radical (unpaired) electrons. The van der Waals surface area contributed by atoms with Crippen molar-refractivity contribution in [3.8, 4) is 0 Å². The van der Waals surface area contributed by atoms with Crippen LogP contribution in [0.25, 0.3) is 0 Å². The zero-order chi connectivity index (χ0) is 18.2. The molecule has 0 spiro atoms. The largest absolute Gasteiger partial charge is 0.322 e. The molecule has 1 amide bonds. The van der Waals surface area contributed by atoms with Gasteiger partial charge in [0.05, 0.1) is 15.5 Å². The average molecular weight is 463 g/mol. The number of halogens is 2. The summed E-state index contributed by atoms with van der Waals surface area (Å²) in [6, 6.07) is 2.42. The third-order valence-electron chi connectivity index (χ3n) is 3.06. The lowest BCUT2D eigenvalue weighted by molar-refractivity contribution is -0.385. The molecule has 12 heteroatoms. The van der Waals surface area contributed by atoms with E-state index in [1.54, 1.807) is 0 Å². The standard InChI is InChI=1S/C12H9Br2N5O5/c1-5-10(19(23)24)11(17(2)16-5)12(20)15-9-7(13)3-6(18(21)22)4-8(9)14/h3-4H,1-2H3,(H,15,20). The molecule has 126 valence electrons. The first-order chi connectivity index (χ1) is 11.1. The highest BCUT2D eigenvalue weighted by atomic mass is 79.9. The molecule has 1 aromatic carbocycles. The zero-order valence-electron chi connectivity index (χ0n) is 12.2. The molecule has 0 saturated carbocycles. The van der Waals surface area contributed by atoms with Crippen LogP contribution in [0.5, 0.6) is 0 Å². The number of hydrogen-bond donors (Lipinski definition) is 1. The fourth-order valence-electron chi connectivity index (χ4n) is 2.08. The van der Waals surface area contributed by atoms with Crippen molar-refractivity contribution >= 4 is 54.8 Å². The number of non-ortho nitro benzene ring substituents is 1. The number of aromatic nitrogens is 2. The first kappa shape index (κ1) is 18.0. The maximum atomic E-state index is 12.4. The molecule has 0 unspecified atom stereocenters. The van der Waals surface area contributed by atoms with E-state index in [1.165, 1.54) is 26.1 Å². The number of nitrogens with zero attached hydrogens (tertiary/aromatic N) is 4. The Morgan fingerprint density at radius 3 is 2.21 bits per heavy atom. The van der Waals surface area contributed by atoms with Gasteiger partial charge < -0.3 is 5.32 Å². The van der Waals surface area contributed by atoms with Gasteiger partial charge in [0.15, 0.2) is 0 Å². The van der Waals surface area contributed by atoms with Crippen molar-refractivity contribution in [1.29, 1.82) is 0 Å². The topological polar surface area (TPSA) is 133 Å². The van der Waals surface area contributed by atoms with E-state index < -0.39 is 21.4 Å². The van der Waals surface area contributed by atoms with E-state index in [4.69, 9.17) is 0 Å². The quantitative estimate of drug-likeness (QED) is 0.547. The van der Waals surface area contributed by atoms with Crippen molar-refractivity contribution in [3.05, 3.63) is 52.7 Å². The Morgan fingerprint density at radius 2 is 1.75 bits per heavy atom. The lowest BCUT2D eigenvalue weighted by Crippen LogP contribution is -2.18. The van der Waals surface area contributed by atoms with Crippen molar-refractivity contribution in [2.75, 3.05) is 5.32 Å². The van der Waals surface area contributed by atoms with E-state index in [2.05, 4.69) is 42.3 Å². The number of nitro groups is 2. The summed E-state index contributed by atoms with van der Waals surface area (Å²) < 4.78 is 1.60. The number of carbonyl (C=O) groups excluding carboxylic acids is 1. The second kappa shape index (κ2) is 6.65. The number of anilines is 1. The number of hydrogen-bond acceptors (Lipinski definition) is 6. The Balaban J connectivity index is 2.45. The number of nitro benzene ring substituents is 1. The van der Waals surface area contributed by atoms with Crippen molar-refractivity contribution in [3.63, 3.8) is 0 Å². The van der Waals surface area contributed by atoms with Gasteiger partial charge in [-0.05, 0) is 38.8 Å². The third kappa shape index (κ3) is 3.28. The molecule has 0 atom stereocenters. The van der Waals surface area contributed by atoms with Crippen LogP contribution in [0.15, 0.2) is 21.1 Å². The summed E-state index contributed by atoms with van der Waals surface area (Å²) >= 11 is 6.27. The molecule has 1 aromatic heterocycles. The van der Waals surface area contributed by atoms with Crippen molar-refractivity contribution < 1.29 is 14.6 Å². The number of benzene rings is 1. The van der Waals surface area contributed by atoms with Gasteiger partial charge in [0.25, 0.3) is 11.6 Å². The van der Waals surface area contributed by atoms with Gasteiger partial charge in [-0.25, -0.2) is 0 Å². The molecule has 0 aliphatic rings. The zero-order valence-corrected chi connectivity index (χ0v) is 15.4. The summed E-state index contributed by atoms with van der Waals surface area (Å²) in [6.07, 6.45) is 0. The van der Waals surface area contributed by atoms with Gasteiger partial charge in [0.2, 0.25) is 5.69 Å². The molecule has 0 fully saturated rings. The molecule has 1 N–H and O–H groups in total. The number of carbonyl (C=O) groups is 1. The Morgan fingerprint density at radius 1 is 1.21 bits per heavy atom. The van der Waals surface area contributed by atoms with Crippen LogP contribution in [0.4, 0.5) is 17.1 Å². The van der Waals surface area contributed by atoms with E-state index in [0.29, 0.717) is 0 Å². The molecule has 1 heterocycles. The summed E-state index contributed by atoms with van der Waals surface area (Å²) in [6.45, 7) is 1.42. The molecule has 2 aromatic rings. The molecule has 0 aliphatic carbocycles. The Kier molecular flexibility index (Phi) is 4.99. The summed E-state index contributed by atoms with van der Waals surface area (Å²) in [5.74, 6) is -0.764. The average Bonchev–Trinajstić information content (AvgIpc) is 2.76. The molecule has 0 aliphatic heterocycles. The Hall–Kier alpha value is -2.34. The predicted molar refractivity (Wildman–Crippen MR) is 91.0 cm³/mol. The van der Waals surface area contributed by atoms with E-state index >= 15 is 0 Å². The predicted octanol–water partition coefficient (Wildman–Crippen LogP) is 3.32. The highest BCUT2D eigenvalue weighted by Crippen LogP contribution is 2.36. The molecule has 10 nitrogen and oxygen atoms in total. The van der Waals surface area contributed by atoms with Crippen LogP contribution in [0, 0.1) is 27.2 Å². The SMILES string of the molecule is Cc1nn(C)c(C(=O)Nc2c(Br)cc([N+](=O)[O-])cc2Br)c1[N+](=O)[O-]. The first-order valence-electron chi connectivity index (χ1n) is 6.26. The normalized spacial score (nSPS) is 10.5. The molecule has 0 bridgehead atoms. The van der Waals surface area contributed by atoms with Crippen molar-refractivity contribution in [2.24, 2.45) is 7.05 Å². The van der Waals surface area contributed by atoms with Crippen LogP contribution < -0.4 is 5.32 Å². The smallest absolute Gasteiger partial charge is 0.318 e. The molecule has 24 heavy (non-hydrogen) atoms. The number of amides is 1. The minimum atomic E-state index is -0.764. The van der Waals surface area contributed by atoms with Gasteiger partial charge in [0.1, 0.15) is 5.69 Å². The Bertz CT molecular complexity index is 856. The number of aryl methyl sites for hydroxylation is 2. The maximum Gasteiger partial charge on any atom is 0.322 e. The van der Waals surface area contributed by atoms with Crippen LogP contribution in [0.3, 0.4) is 0 Å². The summed E-state index contributed by atoms with van der Waals surface area (Å²) in [5.41, 5.74) is -0.499. The van der Waals surface area contributed by atoms with Crippen LogP contribution in [-0.4, -0.2) is 25.5 Å².